The number of pyridine rings is 1. The molecule has 0 aliphatic rings. The van der Waals surface area contributed by atoms with Crippen LogP contribution < -0.4 is 16.7 Å². The average molecular weight is 278 g/mol. The van der Waals surface area contributed by atoms with Gasteiger partial charge in [0.1, 0.15) is 12.3 Å². The molecule has 0 atom stereocenters. The molecule has 2 aromatic heterocycles. The molecule has 5 N–H and O–H groups in total. The summed E-state index contributed by atoms with van der Waals surface area (Å²) in [7, 11) is 1.28. The Hall–Kier alpha value is -2.65. The molecule has 0 saturated carbocycles. The first kappa shape index (κ1) is 13.8. The molecule has 0 unspecified atom stereocenters. The van der Waals surface area contributed by atoms with Gasteiger partial charge in [-0.3, -0.25) is 5.01 Å². The number of methoxy groups -OCH3 is 1. The van der Waals surface area contributed by atoms with E-state index in [1.165, 1.54) is 13.2 Å². The predicted octanol–water partition coefficient (Wildman–Crippen LogP) is -0.934. The highest BCUT2D eigenvalue weighted by Gasteiger charge is 2.17. The maximum atomic E-state index is 11.6. The third-order valence-corrected chi connectivity index (χ3v) is 2.72. The van der Waals surface area contributed by atoms with E-state index in [0.717, 1.165) is 5.01 Å². The summed E-state index contributed by atoms with van der Waals surface area (Å²) >= 11 is 0. The van der Waals surface area contributed by atoms with E-state index in [9.17, 15) is 4.79 Å². The number of nitrogens with two attached hydrogens (primary N) is 2. The lowest BCUT2D eigenvalue weighted by Gasteiger charge is -2.19. The zero-order valence-corrected chi connectivity index (χ0v) is 10.7. The summed E-state index contributed by atoms with van der Waals surface area (Å²) in [5.41, 5.74) is 1.11. The van der Waals surface area contributed by atoms with Crippen molar-refractivity contribution in [3.05, 3.63) is 30.2 Å². The maximum Gasteiger partial charge on any atom is 0.339 e. The van der Waals surface area contributed by atoms with Crippen LogP contribution in [0.2, 0.25) is 0 Å². The molecule has 2 heterocycles. The van der Waals surface area contributed by atoms with Gasteiger partial charge in [-0.05, 0) is 6.07 Å². The molecule has 2 rings (SSSR count). The number of fused-ring (bicyclic) bond motifs is 1. The van der Waals surface area contributed by atoms with Crippen LogP contribution in [0, 0.1) is 0 Å². The fourth-order valence-corrected chi connectivity index (χ4v) is 1.74. The molecule has 0 radical (unpaired) electrons. The molecule has 0 saturated heterocycles. The van der Waals surface area contributed by atoms with Crippen LogP contribution in [-0.4, -0.2) is 40.0 Å². The van der Waals surface area contributed by atoms with E-state index in [-0.39, 0.29) is 11.4 Å². The monoisotopic (exact) mass is 278 g/mol. The fraction of sp³-hybridized carbons (Fsp3) is 0.182. The van der Waals surface area contributed by atoms with Crippen molar-refractivity contribution in [3.63, 3.8) is 0 Å². The van der Waals surface area contributed by atoms with Crippen molar-refractivity contribution in [1.29, 1.82) is 0 Å². The molecule has 0 bridgehead atoms. The number of aromatic nitrogens is 2. The topological polar surface area (TPSA) is 131 Å². The molecule has 9 nitrogen and oxygen atoms in total. The number of hydrazine groups is 1. The van der Waals surface area contributed by atoms with Crippen LogP contribution in [0.5, 0.6) is 0 Å². The number of hydrogen-bond acceptors (Lipinski definition) is 7. The highest BCUT2D eigenvalue weighted by Crippen LogP contribution is 2.21. The number of ether oxygens (including phenoxy) is 1. The van der Waals surface area contributed by atoms with E-state index in [4.69, 9.17) is 16.8 Å². The van der Waals surface area contributed by atoms with E-state index >= 15 is 0 Å². The number of aliphatic hydroxyl groups excluding tert-OH is 1. The second-order valence-electron chi connectivity index (χ2n) is 3.84. The van der Waals surface area contributed by atoms with Gasteiger partial charge in [0.05, 0.1) is 12.7 Å². The minimum absolute atomic E-state index is 0.0249. The number of hydrogen-bond donors (Lipinski definition) is 3. The first-order chi connectivity index (χ1) is 9.62. The molecule has 0 aliphatic heterocycles. The smallest absolute Gasteiger partial charge is 0.339 e. The maximum absolute atomic E-state index is 11.6. The van der Waals surface area contributed by atoms with Gasteiger partial charge in [0, 0.05) is 18.6 Å². The van der Waals surface area contributed by atoms with Crippen LogP contribution in [0.1, 0.15) is 10.4 Å². The third kappa shape index (κ3) is 2.27. The molecule has 106 valence electrons. The number of aliphatic hydroxyl groups is 1. The number of nitrogens with zero attached hydrogens (tertiary/aromatic N) is 4. The van der Waals surface area contributed by atoms with Gasteiger partial charge in [-0.1, -0.05) is 0 Å². The van der Waals surface area contributed by atoms with Gasteiger partial charge < -0.3 is 20.1 Å². The minimum atomic E-state index is -0.523. The lowest BCUT2D eigenvalue weighted by atomic mass is 10.2. The summed E-state index contributed by atoms with van der Waals surface area (Å²) in [4.78, 5) is 15.8. The Labute approximate surface area is 114 Å². The molecule has 0 aromatic carbocycles. The van der Waals surface area contributed by atoms with E-state index in [0.29, 0.717) is 11.3 Å². The van der Waals surface area contributed by atoms with Crippen molar-refractivity contribution in [3.8, 4) is 0 Å². The molecule has 0 spiro atoms. The van der Waals surface area contributed by atoms with Crippen molar-refractivity contribution < 1.29 is 14.6 Å². The fourth-order valence-electron chi connectivity index (χ4n) is 1.74. The Morgan fingerprint density at radius 2 is 2.40 bits per heavy atom. The van der Waals surface area contributed by atoms with Crippen molar-refractivity contribution in [2.75, 3.05) is 18.7 Å². The molecule has 0 fully saturated rings. The summed E-state index contributed by atoms with van der Waals surface area (Å²) in [5, 5.41) is 13.6. The van der Waals surface area contributed by atoms with Crippen molar-refractivity contribution in [1.82, 2.24) is 9.38 Å². The van der Waals surface area contributed by atoms with Gasteiger partial charge in [-0.2, -0.15) is 5.10 Å². The zero-order chi connectivity index (χ0) is 14.7. The second-order valence-corrected chi connectivity index (χ2v) is 3.84. The number of rotatable bonds is 3. The van der Waals surface area contributed by atoms with Crippen LogP contribution in [0.25, 0.3) is 5.65 Å². The molecule has 2 aromatic rings. The standard InChI is InChI=1S/C11H14N6O3/c1-20-11(19)7-4-8(17(13)9(6-18)15-12)10-14-2-3-16(10)5-7/h2-5,18H,6,12-13H2,1H3/b15-9-. The minimum Gasteiger partial charge on any atom is -0.465 e. The summed E-state index contributed by atoms with van der Waals surface area (Å²) < 4.78 is 6.28. The van der Waals surface area contributed by atoms with Gasteiger partial charge in [-0.25, -0.2) is 15.6 Å². The highest BCUT2D eigenvalue weighted by atomic mass is 16.5. The van der Waals surface area contributed by atoms with Crippen molar-refractivity contribution >= 4 is 23.1 Å². The van der Waals surface area contributed by atoms with Crippen LogP contribution in [0.15, 0.2) is 29.8 Å². The second kappa shape index (κ2) is 5.55. The summed E-state index contributed by atoms with van der Waals surface area (Å²) in [6, 6.07) is 1.48. The van der Waals surface area contributed by atoms with E-state index in [1.807, 2.05) is 0 Å². The summed E-state index contributed by atoms with van der Waals surface area (Å²) in [5.74, 6) is 10.5. The van der Waals surface area contributed by atoms with Crippen molar-refractivity contribution in [2.45, 2.75) is 0 Å². The van der Waals surface area contributed by atoms with E-state index < -0.39 is 12.6 Å². The molecule has 0 amide bonds. The van der Waals surface area contributed by atoms with Crippen LogP contribution in [0.4, 0.5) is 5.69 Å². The highest BCUT2D eigenvalue weighted by molar-refractivity contribution is 6.01. The number of carbonyl (C=O) groups is 1. The van der Waals surface area contributed by atoms with Crippen molar-refractivity contribution in [2.24, 2.45) is 16.8 Å². The van der Waals surface area contributed by atoms with Gasteiger partial charge >= 0.3 is 5.97 Å². The number of carbonyl (C=O) groups excluding carboxylic acids is 1. The Morgan fingerprint density at radius 1 is 1.65 bits per heavy atom. The normalized spacial score (nSPS) is 11.7. The Balaban J connectivity index is 2.61. The predicted molar refractivity (Wildman–Crippen MR) is 71.9 cm³/mol. The molecular weight excluding hydrogens is 264 g/mol. The van der Waals surface area contributed by atoms with Crippen LogP contribution in [-0.2, 0) is 4.74 Å². The van der Waals surface area contributed by atoms with Gasteiger partial charge in [-0.15, -0.1) is 0 Å². The number of anilines is 1. The quantitative estimate of drug-likeness (QED) is 0.217. The molecular formula is C11H14N6O3. The lowest BCUT2D eigenvalue weighted by molar-refractivity contribution is 0.0600. The van der Waals surface area contributed by atoms with Gasteiger partial charge in [0.2, 0.25) is 0 Å². The summed E-state index contributed by atoms with van der Waals surface area (Å²) in [6.45, 7) is -0.456. The molecule has 9 heteroatoms. The average Bonchev–Trinajstić information content (AvgIpc) is 2.94. The Bertz CT molecular complexity index is 665. The molecule has 0 aliphatic carbocycles. The van der Waals surface area contributed by atoms with E-state index in [2.05, 4.69) is 14.8 Å². The van der Waals surface area contributed by atoms with Gasteiger partial charge in [0.15, 0.2) is 11.5 Å². The van der Waals surface area contributed by atoms with Gasteiger partial charge in [0.25, 0.3) is 0 Å². The number of amidine groups is 1. The first-order valence-electron chi connectivity index (χ1n) is 5.59. The number of esters is 1. The SMILES string of the molecule is COC(=O)c1cc(N(N)/C(CO)=N\N)c2nccn2c1. The third-order valence-electron chi connectivity index (χ3n) is 2.72. The van der Waals surface area contributed by atoms with Crippen LogP contribution >= 0.6 is 0 Å². The number of hydrazone groups is 1. The summed E-state index contributed by atoms with van der Waals surface area (Å²) in [6.07, 6.45) is 4.76. The molecule has 20 heavy (non-hydrogen) atoms. The Morgan fingerprint density at radius 3 is 3.00 bits per heavy atom. The first-order valence-corrected chi connectivity index (χ1v) is 5.59. The Kier molecular flexibility index (Phi) is 3.82. The number of imidazole rings is 1. The van der Waals surface area contributed by atoms with Crippen LogP contribution in [0.3, 0.4) is 0 Å². The largest absolute Gasteiger partial charge is 0.465 e. The van der Waals surface area contributed by atoms with E-state index in [1.54, 1.807) is 23.0 Å². The zero-order valence-electron chi connectivity index (χ0n) is 10.7. The lowest BCUT2D eigenvalue weighted by Crippen LogP contribution is -2.40.